The Morgan fingerprint density at radius 2 is 2.62 bits per heavy atom. The third-order valence-electron chi connectivity index (χ3n) is 2.61. The first-order valence-electron chi connectivity index (χ1n) is 4.57. The molecule has 2 heterocycles. The van der Waals surface area contributed by atoms with Gasteiger partial charge in [-0.3, -0.25) is 5.32 Å². The molecule has 2 rings (SSSR count). The highest BCUT2D eigenvalue weighted by Gasteiger charge is 2.26. The fraction of sp³-hybridized carbons (Fsp3) is 0.667. The van der Waals surface area contributed by atoms with Gasteiger partial charge in [0, 0.05) is 25.0 Å². The van der Waals surface area contributed by atoms with Crippen molar-refractivity contribution in [3.05, 3.63) is 11.9 Å². The van der Waals surface area contributed by atoms with Crippen molar-refractivity contribution in [2.24, 2.45) is 5.92 Å². The van der Waals surface area contributed by atoms with E-state index in [4.69, 9.17) is 0 Å². The third kappa shape index (κ3) is 1.76. The average Bonchev–Trinajstić information content (AvgIpc) is 2.46. The summed E-state index contributed by atoms with van der Waals surface area (Å²) in [4.78, 5) is 13.2. The van der Waals surface area contributed by atoms with Gasteiger partial charge in [-0.05, 0) is 18.8 Å². The lowest BCUT2D eigenvalue weighted by Crippen LogP contribution is -2.29. The van der Waals surface area contributed by atoms with E-state index < -0.39 is 0 Å². The molecule has 13 heavy (non-hydrogen) atoms. The van der Waals surface area contributed by atoms with Gasteiger partial charge in [-0.25, -0.2) is 4.79 Å². The van der Waals surface area contributed by atoms with Crippen molar-refractivity contribution in [2.75, 3.05) is 20.2 Å². The Bertz CT molecular complexity index is 250. The molecule has 1 N–H and O–H groups in total. The van der Waals surface area contributed by atoms with Crippen molar-refractivity contribution >= 4 is 6.09 Å². The lowest BCUT2D eigenvalue weighted by atomic mass is 10.0. The number of ether oxygens (including phenoxy) is 1. The zero-order chi connectivity index (χ0) is 9.26. The first-order valence-corrected chi connectivity index (χ1v) is 4.57. The van der Waals surface area contributed by atoms with Crippen molar-refractivity contribution in [1.82, 2.24) is 10.2 Å². The van der Waals surface area contributed by atoms with E-state index in [1.165, 1.54) is 13.5 Å². The molecule has 1 atom stereocenters. The molecule has 72 valence electrons. The van der Waals surface area contributed by atoms with E-state index in [0.29, 0.717) is 0 Å². The van der Waals surface area contributed by atoms with Crippen LogP contribution in [0.1, 0.15) is 12.8 Å². The van der Waals surface area contributed by atoms with E-state index in [2.05, 4.69) is 15.0 Å². The highest BCUT2D eigenvalue weighted by molar-refractivity contribution is 5.69. The summed E-state index contributed by atoms with van der Waals surface area (Å²) in [6.07, 6.45) is 3.88. The number of carbonyl (C=O) groups is 1. The van der Waals surface area contributed by atoms with Crippen LogP contribution in [0.25, 0.3) is 0 Å². The Labute approximate surface area is 77.5 Å². The van der Waals surface area contributed by atoms with Gasteiger partial charge in [0.2, 0.25) is 0 Å². The molecule has 1 amide bonds. The largest absolute Gasteiger partial charge is 0.453 e. The topological polar surface area (TPSA) is 41.6 Å². The minimum Gasteiger partial charge on any atom is -0.453 e. The monoisotopic (exact) mass is 182 g/mol. The highest BCUT2D eigenvalue weighted by atomic mass is 16.5. The van der Waals surface area contributed by atoms with Crippen LogP contribution in [0.15, 0.2) is 11.9 Å². The number of allylic oxidation sites excluding steroid dienone is 1. The van der Waals surface area contributed by atoms with Gasteiger partial charge in [0.15, 0.2) is 0 Å². The van der Waals surface area contributed by atoms with Crippen LogP contribution in [0, 0.1) is 5.92 Å². The molecular formula is C9H14N2O2. The van der Waals surface area contributed by atoms with Crippen LogP contribution >= 0.6 is 0 Å². The maximum absolute atomic E-state index is 10.9. The van der Waals surface area contributed by atoms with E-state index in [-0.39, 0.29) is 6.09 Å². The number of methoxy groups -OCH3 is 1. The molecule has 0 radical (unpaired) electrons. The third-order valence-corrected chi connectivity index (χ3v) is 2.61. The van der Waals surface area contributed by atoms with Gasteiger partial charge in [0.05, 0.1) is 7.11 Å². The van der Waals surface area contributed by atoms with Crippen LogP contribution < -0.4 is 5.32 Å². The molecule has 2 aliphatic heterocycles. The van der Waals surface area contributed by atoms with Crippen molar-refractivity contribution < 1.29 is 9.53 Å². The number of hydrogen-bond donors (Lipinski definition) is 1. The molecule has 1 unspecified atom stereocenters. The van der Waals surface area contributed by atoms with Crippen molar-refractivity contribution in [2.45, 2.75) is 12.8 Å². The van der Waals surface area contributed by atoms with Gasteiger partial charge in [-0.15, -0.1) is 0 Å². The number of amides is 1. The molecule has 2 bridgehead atoms. The van der Waals surface area contributed by atoms with E-state index >= 15 is 0 Å². The molecular weight excluding hydrogens is 168 g/mol. The molecule has 1 saturated heterocycles. The minimum absolute atomic E-state index is 0.367. The maximum Gasteiger partial charge on any atom is 0.411 e. The smallest absolute Gasteiger partial charge is 0.411 e. The van der Waals surface area contributed by atoms with Crippen LogP contribution in [0.5, 0.6) is 0 Å². The van der Waals surface area contributed by atoms with Gasteiger partial charge in [0.25, 0.3) is 0 Å². The second-order valence-electron chi connectivity index (χ2n) is 3.62. The lowest BCUT2D eigenvalue weighted by molar-refractivity contribution is 0.173. The van der Waals surface area contributed by atoms with Gasteiger partial charge in [-0.1, -0.05) is 0 Å². The zero-order valence-corrected chi connectivity index (χ0v) is 7.75. The summed E-state index contributed by atoms with van der Waals surface area (Å²) >= 11 is 0. The van der Waals surface area contributed by atoms with Gasteiger partial charge in [-0.2, -0.15) is 0 Å². The summed E-state index contributed by atoms with van der Waals surface area (Å²) < 4.78 is 4.53. The predicted molar refractivity (Wildman–Crippen MR) is 47.9 cm³/mol. The van der Waals surface area contributed by atoms with Gasteiger partial charge in [0.1, 0.15) is 0 Å². The Morgan fingerprint density at radius 3 is 3.31 bits per heavy atom. The van der Waals surface area contributed by atoms with Gasteiger partial charge < -0.3 is 9.64 Å². The molecule has 0 aliphatic carbocycles. The summed E-state index contributed by atoms with van der Waals surface area (Å²) in [6, 6.07) is 0. The summed E-state index contributed by atoms with van der Waals surface area (Å²) in [5.41, 5.74) is 0.987. The standard InChI is InChI=1S/C9H14N2O2/c1-13-9(12)10-8-4-7-2-3-11(5-7)6-8/h6-7H,2-5H2,1H3,(H,10,12). The van der Waals surface area contributed by atoms with Crippen LogP contribution in [0.2, 0.25) is 0 Å². The van der Waals surface area contributed by atoms with E-state index in [1.54, 1.807) is 0 Å². The highest BCUT2D eigenvalue weighted by Crippen LogP contribution is 2.27. The lowest BCUT2D eigenvalue weighted by Gasteiger charge is -2.22. The predicted octanol–water partition coefficient (Wildman–Crippen LogP) is 0.909. The number of fused-ring (bicyclic) bond motifs is 2. The Morgan fingerprint density at radius 1 is 1.77 bits per heavy atom. The fourth-order valence-electron chi connectivity index (χ4n) is 2.00. The molecule has 4 heteroatoms. The average molecular weight is 182 g/mol. The Kier molecular flexibility index (Phi) is 2.12. The Balaban J connectivity index is 1.97. The number of carbonyl (C=O) groups excluding carboxylic acids is 1. The van der Waals surface area contributed by atoms with Crippen molar-refractivity contribution in [1.29, 1.82) is 0 Å². The molecule has 2 aliphatic rings. The molecule has 4 nitrogen and oxygen atoms in total. The van der Waals surface area contributed by atoms with Crippen LogP contribution in [0.4, 0.5) is 4.79 Å². The summed E-state index contributed by atoms with van der Waals surface area (Å²) in [6.45, 7) is 2.27. The number of alkyl carbamates (subject to hydrolysis) is 1. The number of nitrogens with one attached hydrogen (secondary N) is 1. The maximum atomic E-state index is 10.9. The number of hydrogen-bond acceptors (Lipinski definition) is 3. The van der Waals surface area contributed by atoms with Gasteiger partial charge >= 0.3 is 6.09 Å². The molecule has 0 aromatic carbocycles. The minimum atomic E-state index is -0.367. The van der Waals surface area contributed by atoms with E-state index in [9.17, 15) is 4.79 Å². The van der Waals surface area contributed by atoms with Crippen LogP contribution in [-0.2, 0) is 4.74 Å². The number of nitrogens with zero attached hydrogens (tertiary/aromatic N) is 1. The van der Waals surface area contributed by atoms with Crippen molar-refractivity contribution in [3.8, 4) is 0 Å². The summed E-state index contributed by atoms with van der Waals surface area (Å²) in [5, 5.41) is 2.73. The zero-order valence-electron chi connectivity index (χ0n) is 7.75. The Hall–Kier alpha value is -1.19. The van der Waals surface area contributed by atoms with Crippen molar-refractivity contribution in [3.63, 3.8) is 0 Å². The molecule has 0 aromatic rings. The molecule has 0 saturated carbocycles. The number of rotatable bonds is 1. The quantitative estimate of drug-likeness (QED) is 0.655. The fourth-order valence-corrected chi connectivity index (χ4v) is 2.00. The second-order valence-corrected chi connectivity index (χ2v) is 3.62. The first-order chi connectivity index (χ1) is 6.28. The SMILES string of the molecule is COC(=O)NC1=CN2CCC(C1)C2. The van der Waals surface area contributed by atoms with Crippen LogP contribution in [0.3, 0.4) is 0 Å². The van der Waals surface area contributed by atoms with E-state index in [1.807, 2.05) is 6.20 Å². The van der Waals surface area contributed by atoms with Crippen LogP contribution in [-0.4, -0.2) is 31.2 Å². The normalized spacial score (nSPS) is 25.5. The molecule has 1 fully saturated rings. The first kappa shape index (κ1) is 8.41. The summed E-state index contributed by atoms with van der Waals surface area (Å²) in [5.74, 6) is 0.720. The second kappa shape index (κ2) is 3.28. The van der Waals surface area contributed by atoms with E-state index in [0.717, 1.165) is 31.1 Å². The summed E-state index contributed by atoms with van der Waals surface area (Å²) in [7, 11) is 1.38. The molecule has 0 spiro atoms. The molecule has 0 aromatic heterocycles.